The lowest BCUT2D eigenvalue weighted by molar-refractivity contribution is -0.138. The Morgan fingerprint density at radius 1 is 1.18 bits per heavy atom. The molecule has 3 rings (SSSR count). The third-order valence-corrected chi connectivity index (χ3v) is 5.55. The van der Waals surface area contributed by atoms with E-state index in [2.05, 4.69) is 5.32 Å². The molecule has 2 N–H and O–H groups in total. The monoisotopic (exact) mass is 498 g/mol. The molecule has 0 aromatic heterocycles. The number of halogens is 5. The summed E-state index contributed by atoms with van der Waals surface area (Å²) in [6, 6.07) is 5.25. The highest BCUT2D eigenvalue weighted by Gasteiger charge is 2.31. The quantitative estimate of drug-likeness (QED) is 0.468. The smallest absolute Gasteiger partial charge is 0.416 e. The molecule has 0 aliphatic carbocycles. The molecular weight excluding hydrogens is 480 g/mol. The molecular formula is C23H19ClF4N2O4. The highest BCUT2D eigenvalue weighted by molar-refractivity contribution is 6.31. The predicted octanol–water partition coefficient (Wildman–Crippen LogP) is 3.84. The number of nitrogens with one attached hydrogen (secondary N) is 1. The van der Waals surface area contributed by atoms with Crippen LogP contribution in [-0.4, -0.2) is 40.9 Å². The maximum absolute atomic E-state index is 13.8. The van der Waals surface area contributed by atoms with Crippen LogP contribution in [0.1, 0.15) is 27.8 Å². The number of hydrogen-bond donors (Lipinski definition) is 2. The van der Waals surface area contributed by atoms with Gasteiger partial charge in [-0.05, 0) is 47.4 Å². The van der Waals surface area contributed by atoms with Crippen LogP contribution in [0.2, 0.25) is 5.02 Å². The van der Waals surface area contributed by atoms with Crippen LogP contribution in [0.25, 0.3) is 6.08 Å². The SMILES string of the molecule is O=C(O)Cc1cc(Cl)c2c(c1)CCN(C(=O)CNC(=O)/C=C/c1ccc(C(F)(F)F)cc1F)C2. The van der Waals surface area contributed by atoms with Crippen molar-refractivity contribution in [2.75, 3.05) is 13.1 Å². The molecule has 0 atom stereocenters. The molecule has 0 unspecified atom stereocenters. The Hall–Kier alpha value is -3.40. The lowest BCUT2D eigenvalue weighted by atomic mass is 9.96. The topological polar surface area (TPSA) is 86.7 Å². The van der Waals surface area contributed by atoms with Gasteiger partial charge in [-0.3, -0.25) is 14.4 Å². The molecule has 2 aromatic carbocycles. The lowest BCUT2D eigenvalue weighted by Crippen LogP contribution is -2.42. The minimum Gasteiger partial charge on any atom is -0.481 e. The molecule has 1 aliphatic heterocycles. The molecule has 180 valence electrons. The Morgan fingerprint density at radius 3 is 2.56 bits per heavy atom. The minimum atomic E-state index is -4.68. The van der Waals surface area contributed by atoms with Crippen molar-refractivity contribution in [1.82, 2.24) is 10.2 Å². The number of amides is 2. The zero-order chi connectivity index (χ0) is 25.0. The Labute approximate surface area is 196 Å². The first kappa shape index (κ1) is 25.2. The second-order valence-electron chi connectivity index (χ2n) is 7.64. The zero-order valence-corrected chi connectivity index (χ0v) is 18.3. The molecule has 2 amide bonds. The van der Waals surface area contributed by atoms with Crippen LogP contribution >= 0.6 is 11.6 Å². The number of carboxylic acids is 1. The maximum Gasteiger partial charge on any atom is 0.416 e. The predicted molar refractivity (Wildman–Crippen MR) is 115 cm³/mol. The van der Waals surface area contributed by atoms with E-state index >= 15 is 0 Å². The average Bonchev–Trinajstić information content (AvgIpc) is 2.75. The number of aliphatic carboxylic acids is 1. The standard InChI is InChI=1S/C23H19ClF4N2O4/c24-18-8-13(9-22(33)34)7-15-5-6-30(12-17(15)18)21(32)11-29-20(31)4-2-14-1-3-16(10-19(14)25)23(26,27)28/h1-4,7-8,10H,5-6,9,11-12H2,(H,29,31)(H,33,34)/b4-2+. The molecule has 1 heterocycles. The molecule has 0 fully saturated rings. The van der Waals surface area contributed by atoms with Crippen molar-refractivity contribution in [3.05, 3.63) is 75.1 Å². The van der Waals surface area contributed by atoms with Gasteiger partial charge in [0.25, 0.3) is 0 Å². The Bertz CT molecular complexity index is 1160. The minimum absolute atomic E-state index is 0.161. The van der Waals surface area contributed by atoms with Crippen molar-refractivity contribution in [1.29, 1.82) is 0 Å². The van der Waals surface area contributed by atoms with Crippen molar-refractivity contribution < 1.29 is 37.1 Å². The molecule has 2 aromatic rings. The van der Waals surface area contributed by atoms with Crippen LogP contribution in [0.4, 0.5) is 17.6 Å². The highest BCUT2D eigenvalue weighted by Crippen LogP contribution is 2.30. The number of carbonyl (C=O) groups is 3. The molecule has 0 radical (unpaired) electrons. The van der Waals surface area contributed by atoms with Gasteiger partial charge < -0.3 is 15.3 Å². The summed E-state index contributed by atoms with van der Waals surface area (Å²) < 4.78 is 51.6. The molecule has 0 spiro atoms. The van der Waals surface area contributed by atoms with Crippen LogP contribution < -0.4 is 5.32 Å². The molecule has 0 saturated carbocycles. The summed E-state index contributed by atoms with van der Waals surface area (Å²) in [6.45, 7) is 0.201. The number of carbonyl (C=O) groups excluding carboxylic acids is 2. The van der Waals surface area contributed by atoms with E-state index in [4.69, 9.17) is 16.7 Å². The van der Waals surface area contributed by atoms with Gasteiger partial charge in [0.15, 0.2) is 0 Å². The van der Waals surface area contributed by atoms with Crippen LogP contribution in [0.5, 0.6) is 0 Å². The van der Waals surface area contributed by atoms with Crippen LogP contribution in [0.3, 0.4) is 0 Å². The second-order valence-corrected chi connectivity index (χ2v) is 8.04. The first-order valence-electron chi connectivity index (χ1n) is 10.1. The number of benzene rings is 2. The third-order valence-electron chi connectivity index (χ3n) is 5.21. The Kier molecular flexibility index (Phi) is 7.61. The molecule has 6 nitrogen and oxygen atoms in total. The van der Waals surface area contributed by atoms with E-state index in [0.717, 1.165) is 23.8 Å². The summed E-state index contributed by atoms with van der Waals surface area (Å²) in [5.41, 5.74) is 0.787. The van der Waals surface area contributed by atoms with Crippen molar-refractivity contribution in [3.8, 4) is 0 Å². The van der Waals surface area contributed by atoms with Crippen molar-refractivity contribution in [2.45, 2.75) is 25.6 Å². The summed E-state index contributed by atoms with van der Waals surface area (Å²) in [5, 5.41) is 11.7. The van der Waals surface area contributed by atoms with Crippen molar-refractivity contribution in [2.24, 2.45) is 0 Å². The zero-order valence-electron chi connectivity index (χ0n) is 17.6. The van der Waals surface area contributed by atoms with Gasteiger partial charge in [0.1, 0.15) is 5.82 Å². The summed E-state index contributed by atoms with van der Waals surface area (Å²) in [6.07, 6.45) is -2.44. The maximum atomic E-state index is 13.8. The largest absolute Gasteiger partial charge is 0.481 e. The fourth-order valence-corrected chi connectivity index (χ4v) is 3.83. The Balaban J connectivity index is 1.56. The third kappa shape index (κ3) is 6.34. The van der Waals surface area contributed by atoms with Crippen LogP contribution in [-0.2, 0) is 39.9 Å². The van der Waals surface area contributed by atoms with E-state index in [-0.39, 0.29) is 25.1 Å². The van der Waals surface area contributed by atoms with E-state index in [0.29, 0.717) is 41.2 Å². The first-order valence-corrected chi connectivity index (χ1v) is 10.4. The molecule has 11 heteroatoms. The van der Waals surface area contributed by atoms with E-state index in [9.17, 15) is 31.9 Å². The molecule has 0 bridgehead atoms. The number of carboxylic acid groups (broad SMARTS) is 1. The van der Waals surface area contributed by atoms with E-state index in [1.807, 2.05) is 0 Å². The van der Waals surface area contributed by atoms with Crippen molar-refractivity contribution in [3.63, 3.8) is 0 Å². The van der Waals surface area contributed by atoms with E-state index in [1.54, 1.807) is 12.1 Å². The summed E-state index contributed by atoms with van der Waals surface area (Å²) in [4.78, 5) is 36.9. The number of alkyl halides is 3. The summed E-state index contributed by atoms with van der Waals surface area (Å²) >= 11 is 6.27. The summed E-state index contributed by atoms with van der Waals surface area (Å²) in [7, 11) is 0. The molecule has 34 heavy (non-hydrogen) atoms. The first-order chi connectivity index (χ1) is 15.9. The van der Waals surface area contributed by atoms with Gasteiger partial charge in [-0.25, -0.2) is 4.39 Å². The van der Waals surface area contributed by atoms with Crippen molar-refractivity contribution >= 4 is 35.5 Å². The molecule has 0 saturated heterocycles. The number of hydrogen-bond acceptors (Lipinski definition) is 3. The van der Waals surface area contributed by atoms with Gasteiger partial charge in [-0.15, -0.1) is 0 Å². The number of nitrogens with zero attached hydrogens (tertiary/aromatic N) is 1. The summed E-state index contributed by atoms with van der Waals surface area (Å²) in [5.74, 6) is -3.22. The fourth-order valence-electron chi connectivity index (χ4n) is 3.51. The van der Waals surface area contributed by atoms with Gasteiger partial charge in [0.2, 0.25) is 11.8 Å². The van der Waals surface area contributed by atoms with Gasteiger partial charge in [-0.2, -0.15) is 13.2 Å². The number of fused-ring (bicyclic) bond motifs is 1. The van der Waals surface area contributed by atoms with E-state index < -0.39 is 35.3 Å². The average molecular weight is 499 g/mol. The van der Waals surface area contributed by atoms with Gasteiger partial charge in [0.05, 0.1) is 18.5 Å². The lowest BCUT2D eigenvalue weighted by Gasteiger charge is -2.30. The second kappa shape index (κ2) is 10.3. The van der Waals surface area contributed by atoms with Gasteiger partial charge in [-0.1, -0.05) is 23.7 Å². The fraction of sp³-hybridized carbons (Fsp3) is 0.261. The molecule has 1 aliphatic rings. The van der Waals surface area contributed by atoms with Crippen LogP contribution in [0, 0.1) is 5.82 Å². The van der Waals surface area contributed by atoms with E-state index in [1.165, 1.54) is 4.90 Å². The van der Waals surface area contributed by atoms with Gasteiger partial charge >= 0.3 is 12.1 Å². The van der Waals surface area contributed by atoms with Gasteiger partial charge in [0, 0.05) is 29.8 Å². The Morgan fingerprint density at radius 2 is 1.91 bits per heavy atom. The van der Waals surface area contributed by atoms with Crippen LogP contribution in [0.15, 0.2) is 36.4 Å². The highest BCUT2D eigenvalue weighted by atomic mass is 35.5. The number of rotatable bonds is 6. The normalized spacial score (nSPS) is 13.6.